The van der Waals surface area contributed by atoms with Crippen LogP contribution in [0.5, 0.6) is 0 Å². The van der Waals surface area contributed by atoms with Crippen LogP contribution in [0, 0.1) is 6.92 Å². The van der Waals surface area contributed by atoms with Gasteiger partial charge >= 0.3 is 0 Å². The van der Waals surface area contributed by atoms with E-state index in [4.69, 9.17) is 4.42 Å². The summed E-state index contributed by atoms with van der Waals surface area (Å²) in [4.78, 5) is 15.4. The highest BCUT2D eigenvalue weighted by molar-refractivity contribution is 5.95. The van der Waals surface area contributed by atoms with Crippen molar-refractivity contribution in [1.82, 2.24) is 20.0 Å². The summed E-state index contributed by atoms with van der Waals surface area (Å²) >= 11 is 0. The number of carbonyl (C=O) groups excluding carboxylic acids is 1. The summed E-state index contributed by atoms with van der Waals surface area (Å²) < 4.78 is 7.51. The molecular weight excluding hydrogens is 376 g/mol. The molecular formula is C24H32N4O2. The lowest BCUT2D eigenvalue weighted by atomic mass is 10.0. The van der Waals surface area contributed by atoms with E-state index in [0.717, 1.165) is 30.2 Å². The molecule has 0 saturated carbocycles. The van der Waals surface area contributed by atoms with Crippen LogP contribution < -0.4 is 5.32 Å². The van der Waals surface area contributed by atoms with Gasteiger partial charge in [0.25, 0.3) is 5.91 Å². The van der Waals surface area contributed by atoms with Crippen LogP contribution in [0.15, 0.2) is 53.3 Å². The number of aryl methyl sites for hydroxylation is 1. The molecule has 0 spiro atoms. The smallest absolute Gasteiger partial charge is 0.254 e. The van der Waals surface area contributed by atoms with E-state index in [1.54, 1.807) is 12.5 Å². The zero-order chi connectivity index (χ0) is 21.7. The van der Waals surface area contributed by atoms with Gasteiger partial charge in [0, 0.05) is 6.54 Å². The molecule has 1 aromatic carbocycles. The standard InChI is InChI=1S/C24H32N4O2/c1-6-27(7-2)21(22-9-8-14-30-22)16-25-24(29)20-15-26-28(23(20)17(3)4)19-12-10-18(5)11-13-19/h8-15,17,21H,6-7,16H2,1-5H3,(H,25,29). The second kappa shape index (κ2) is 9.76. The molecule has 0 fully saturated rings. The summed E-state index contributed by atoms with van der Waals surface area (Å²) in [5.74, 6) is 0.900. The summed E-state index contributed by atoms with van der Waals surface area (Å²) in [5.41, 5.74) is 3.67. The van der Waals surface area contributed by atoms with E-state index in [-0.39, 0.29) is 17.9 Å². The predicted molar refractivity (Wildman–Crippen MR) is 119 cm³/mol. The van der Waals surface area contributed by atoms with Crippen LogP contribution in [0.4, 0.5) is 0 Å². The minimum Gasteiger partial charge on any atom is -0.468 e. The maximum absolute atomic E-state index is 13.1. The van der Waals surface area contributed by atoms with Gasteiger partial charge in [0.1, 0.15) is 5.76 Å². The van der Waals surface area contributed by atoms with E-state index >= 15 is 0 Å². The number of hydrogen-bond donors (Lipinski definition) is 1. The normalized spacial score (nSPS) is 12.5. The number of amides is 1. The van der Waals surface area contributed by atoms with Gasteiger partial charge in [0.05, 0.1) is 35.4 Å². The van der Waals surface area contributed by atoms with Gasteiger partial charge < -0.3 is 9.73 Å². The monoisotopic (exact) mass is 408 g/mol. The van der Waals surface area contributed by atoms with Crippen molar-refractivity contribution in [2.24, 2.45) is 0 Å². The number of aromatic nitrogens is 2. The summed E-state index contributed by atoms with van der Waals surface area (Å²) in [6.45, 7) is 12.7. The number of nitrogens with zero attached hydrogens (tertiary/aromatic N) is 3. The summed E-state index contributed by atoms with van der Waals surface area (Å²) in [6, 6.07) is 12.0. The molecule has 1 N–H and O–H groups in total. The quantitative estimate of drug-likeness (QED) is 0.557. The first-order chi connectivity index (χ1) is 14.5. The average molecular weight is 409 g/mol. The van der Waals surface area contributed by atoms with Gasteiger partial charge in [0.15, 0.2) is 0 Å². The van der Waals surface area contributed by atoms with E-state index < -0.39 is 0 Å². The minimum absolute atomic E-state index is 0.00593. The fourth-order valence-corrected chi connectivity index (χ4v) is 3.82. The molecule has 6 nitrogen and oxygen atoms in total. The van der Waals surface area contributed by atoms with Gasteiger partial charge in [-0.1, -0.05) is 45.4 Å². The fraction of sp³-hybridized carbons (Fsp3) is 0.417. The predicted octanol–water partition coefficient (Wildman–Crippen LogP) is 4.71. The average Bonchev–Trinajstić information content (AvgIpc) is 3.41. The first kappa shape index (κ1) is 21.8. The van der Waals surface area contributed by atoms with Crippen molar-refractivity contribution in [2.45, 2.75) is 46.6 Å². The van der Waals surface area contributed by atoms with E-state index in [1.165, 1.54) is 5.56 Å². The van der Waals surface area contributed by atoms with Crippen molar-refractivity contribution in [3.8, 4) is 5.69 Å². The highest BCUT2D eigenvalue weighted by Crippen LogP contribution is 2.24. The summed E-state index contributed by atoms with van der Waals surface area (Å²) in [7, 11) is 0. The molecule has 2 heterocycles. The molecule has 1 amide bonds. The number of rotatable bonds is 9. The van der Waals surface area contributed by atoms with Crippen LogP contribution >= 0.6 is 0 Å². The maximum atomic E-state index is 13.1. The second-order valence-corrected chi connectivity index (χ2v) is 7.81. The van der Waals surface area contributed by atoms with Gasteiger partial charge in [0.2, 0.25) is 0 Å². The van der Waals surface area contributed by atoms with Crippen molar-refractivity contribution < 1.29 is 9.21 Å². The molecule has 2 aromatic heterocycles. The summed E-state index contributed by atoms with van der Waals surface area (Å²) in [6.07, 6.45) is 3.35. The highest BCUT2D eigenvalue weighted by Gasteiger charge is 2.24. The Balaban J connectivity index is 1.83. The van der Waals surface area contributed by atoms with E-state index in [0.29, 0.717) is 12.1 Å². The summed E-state index contributed by atoms with van der Waals surface area (Å²) in [5, 5.41) is 7.64. The van der Waals surface area contributed by atoms with Crippen LogP contribution in [-0.2, 0) is 0 Å². The lowest BCUT2D eigenvalue weighted by Gasteiger charge is -2.28. The largest absolute Gasteiger partial charge is 0.468 e. The van der Waals surface area contributed by atoms with Gasteiger partial charge in [-0.15, -0.1) is 0 Å². The molecule has 0 aliphatic carbocycles. The molecule has 1 atom stereocenters. The number of hydrogen-bond acceptors (Lipinski definition) is 4. The molecule has 3 aromatic rings. The topological polar surface area (TPSA) is 63.3 Å². The molecule has 6 heteroatoms. The van der Waals surface area contributed by atoms with Crippen molar-refractivity contribution in [3.05, 3.63) is 71.4 Å². The molecule has 0 saturated heterocycles. The zero-order valence-corrected chi connectivity index (χ0v) is 18.6. The number of benzene rings is 1. The van der Waals surface area contributed by atoms with Crippen LogP contribution in [0.2, 0.25) is 0 Å². The molecule has 0 aliphatic rings. The van der Waals surface area contributed by atoms with E-state index in [9.17, 15) is 4.79 Å². The Kier molecular flexibility index (Phi) is 7.11. The number of nitrogens with one attached hydrogen (secondary N) is 1. The SMILES string of the molecule is CCN(CC)C(CNC(=O)c1cnn(-c2ccc(C)cc2)c1C(C)C)c1ccco1. The second-order valence-electron chi connectivity index (χ2n) is 7.81. The molecule has 0 bridgehead atoms. The van der Waals surface area contributed by atoms with Gasteiger partial charge in [-0.05, 0) is 50.2 Å². The Hall–Kier alpha value is -2.86. The van der Waals surface area contributed by atoms with Crippen molar-refractivity contribution in [2.75, 3.05) is 19.6 Å². The fourth-order valence-electron chi connectivity index (χ4n) is 3.82. The molecule has 0 radical (unpaired) electrons. The Morgan fingerprint density at radius 2 is 1.87 bits per heavy atom. The zero-order valence-electron chi connectivity index (χ0n) is 18.6. The first-order valence-corrected chi connectivity index (χ1v) is 10.7. The van der Waals surface area contributed by atoms with Crippen molar-refractivity contribution in [3.63, 3.8) is 0 Å². The Labute approximate surface area is 178 Å². The number of likely N-dealkylation sites (N-methyl/N-ethyl adjacent to an activating group) is 1. The number of carbonyl (C=O) groups is 1. The van der Waals surface area contributed by atoms with E-state index in [2.05, 4.69) is 62.1 Å². The minimum atomic E-state index is -0.110. The van der Waals surface area contributed by atoms with Crippen LogP contribution in [0.3, 0.4) is 0 Å². The van der Waals surface area contributed by atoms with Gasteiger partial charge in [-0.2, -0.15) is 5.10 Å². The third-order valence-electron chi connectivity index (χ3n) is 5.46. The highest BCUT2D eigenvalue weighted by atomic mass is 16.3. The third-order valence-corrected chi connectivity index (χ3v) is 5.46. The lowest BCUT2D eigenvalue weighted by Crippen LogP contribution is -2.38. The van der Waals surface area contributed by atoms with Crippen molar-refractivity contribution in [1.29, 1.82) is 0 Å². The molecule has 3 rings (SSSR count). The Morgan fingerprint density at radius 1 is 1.17 bits per heavy atom. The van der Waals surface area contributed by atoms with Gasteiger partial charge in [-0.25, -0.2) is 4.68 Å². The molecule has 1 unspecified atom stereocenters. The maximum Gasteiger partial charge on any atom is 0.254 e. The molecule has 30 heavy (non-hydrogen) atoms. The first-order valence-electron chi connectivity index (χ1n) is 10.7. The molecule has 160 valence electrons. The Bertz CT molecular complexity index is 938. The number of furan rings is 1. The van der Waals surface area contributed by atoms with Gasteiger partial charge in [-0.3, -0.25) is 9.69 Å². The van der Waals surface area contributed by atoms with E-state index in [1.807, 2.05) is 28.9 Å². The van der Waals surface area contributed by atoms with Crippen LogP contribution in [0.25, 0.3) is 5.69 Å². The van der Waals surface area contributed by atoms with Crippen molar-refractivity contribution >= 4 is 5.91 Å². The van der Waals surface area contributed by atoms with Crippen LogP contribution in [-0.4, -0.2) is 40.2 Å². The van der Waals surface area contributed by atoms with Crippen LogP contribution in [0.1, 0.15) is 67.0 Å². The Morgan fingerprint density at radius 3 is 2.43 bits per heavy atom. The third kappa shape index (κ3) is 4.65. The lowest BCUT2D eigenvalue weighted by molar-refractivity contribution is 0.0928. The molecule has 0 aliphatic heterocycles.